The molecule has 1 N–H and O–H groups in total. The van der Waals surface area contributed by atoms with Crippen LogP contribution in [0.4, 0.5) is 15.9 Å². The summed E-state index contributed by atoms with van der Waals surface area (Å²) < 4.78 is 21.0. The van der Waals surface area contributed by atoms with Crippen molar-refractivity contribution in [1.29, 1.82) is 0 Å². The number of fused-ring (bicyclic) bond motifs is 1. The quantitative estimate of drug-likeness (QED) is 0.536. The van der Waals surface area contributed by atoms with Crippen LogP contribution in [0.15, 0.2) is 48.9 Å². The van der Waals surface area contributed by atoms with Crippen LogP contribution in [0.1, 0.15) is 12.5 Å². The lowest BCUT2D eigenvalue weighted by molar-refractivity contribution is -0.191. The number of pyridine rings is 2. The molecule has 10 heteroatoms. The first-order valence-electron chi connectivity index (χ1n) is 8.86. The monoisotopic (exact) mass is 408 g/mol. The summed E-state index contributed by atoms with van der Waals surface area (Å²) in [4.78, 5) is 29.0. The van der Waals surface area contributed by atoms with Gasteiger partial charge in [0.1, 0.15) is 11.2 Å². The number of nitrogens with one attached hydrogen (secondary N) is 1. The van der Waals surface area contributed by atoms with Gasteiger partial charge >= 0.3 is 6.15 Å². The van der Waals surface area contributed by atoms with Crippen LogP contribution >= 0.6 is 0 Å². The summed E-state index contributed by atoms with van der Waals surface area (Å²) in [6.45, 7) is 2.05. The minimum absolute atomic E-state index is 0.250. The number of hydrogen-bond acceptors (Lipinski definition) is 8. The fraction of sp³-hybridized carbons (Fsp3) is 0.150. The van der Waals surface area contributed by atoms with E-state index in [1.54, 1.807) is 29.8 Å². The molecule has 0 spiro atoms. The zero-order valence-corrected chi connectivity index (χ0v) is 16.2. The lowest BCUT2D eigenvalue weighted by Crippen LogP contribution is -2.06. The summed E-state index contributed by atoms with van der Waals surface area (Å²) in [6.07, 6.45) is 5.58. The number of halogens is 1. The molecule has 0 aliphatic heterocycles. The predicted octanol–water partition coefficient (Wildman–Crippen LogP) is 3.06. The van der Waals surface area contributed by atoms with Gasteiger partial charge in [-0.15, -0.1) is 5.10 Å². The number of hydrogen-bond donors (Lipinski definition) is 1. The predicted molar refractivity (Wildman–Crippen MR) is 105 cm³/mol. The number of aryl methyl sites for hydroxylation is 1. The number of carbonyl (C=O) groups excluding carboxylic acids is 2. The van der Waals surface area contributed by atoms with Crippen LogP contribution in [-0.4, -0.2) is 37.8 Å². The van der Waals surface area contributed by atoms with Crippen molar-refractivity contribution < 1.29 is 18.7 Å². The van der Waals surface area contributed by atoms with Crippen molar-refractivity contribution in [2.24, 2.45) is 0 Å². The number of anilines is 2. The SMILES string of the molecule is CCc1ccn2nc(-c3cccc(OC)n3)nc(Nc3ccncc3F)c12.O=C=O. The van der Waals surface area contributed by atoms with Gasteiger partial charge in [-0.05, 0) is 30.2 Å². The molecule has 4 rings (SSSR count). The van der Waals surface area contributed by atoms with Crippen LogP contribution in [0.2, 0.25) is 0 Å². The van der Waals surface area contributed by atoms with Gasteiger partial charge in [0.2, 0.25) is 11.7 Å². The summed E-state index contributed by atoms with van der Waals surface area (Å²) in [5.74, 6) is 0.903. The van der Waals surface area contributed by atoms with Gasteiger partial charge in [-0.3, -0.25) is 4.98 Å². The highest BCUT2D eigenvalue weighted by atomic mass is 19.1. The fourth-order valence-corrected chi connectivity index (χ4v) is 2.83. The third kappa shape index (κ3) is 4.29. The number of rotatable bonds is 5. The summed E-state index contributed by atoms with van der Waals surface area (Å²) in [7, 11) is 1.55. The van der Waals surface area contributed by atoms with Gasteiger partial charge in [-0.2, -0.15) is 9.59 Å². The Balaban J connectivity index is 0.000000806. The first-order chi connectivity index (χ1) is 14.6. The lowest BCUT2D eigenvalue weighted by atomic mass is 10.2. The van der Waals surface area contributed by atoms with Crippen molar-refractivity contribution in [3.8, 4) is 17.4 Å². The van der Waals surface area contributed by atoms with E-state index in [9.17, 15) is 4.39 Å². The number of aromatic nitrogens is 5. The minimum atomic E-state index is -0.458. The number of nitrogens with zero attached hydrogens (tertiary/aromatic N) is 5. The first-order valence-corrected chi connectivity index (χ1v) is 8.86. The van der Waals surface area contributed by atoms with Gasteiger partial charge < -0.3 is 10.1 Å². The molecular formula is C20H17FN6O3. The van der Waals surface area contributed by atoms with Gasteiger partial charge in [-0.1, -0.05) is 13.0 Å². The molecule has 0 saturated carbocycles. The molecular weight excluding hydrogens is 391 g/mol. The molecule has 0 amide bonds. The van der Waals surface area contributed by atoms with Gasteiger partial charge in [-0.25, -0.2) is 18.9 Å². The van der Waals surface area contributed by atoms with E-state index in [1.807, 2.05) is 25.3 Å². The Morgan fingerprint density at radius 1 is 1.20 bits per heavy atom. The molecule has 0 unspecified atom stereocenters. The fourth-order valence-electron chi connectivity index (χ4n) is 2.83. The molecule has 4 heterocycles. The van der Waals surface area contributed by atoms with E-state index in [1.165, 1.54) is 6.20 Å². The van der Waals surface area contributed by atoms with Crippen molar-refractivity contribution in [3.63, 3.8) is 0 Å². The molecule has 30 heavy (non-hydrogen) atoms. The van der Waals surface area contributed by atoms with Crippen LogP contribution in [0.3, 0.4) is 0 Å². The normalized spacial score (nSPS) is 10.1. The molecule has 4 aromatic heterocycles. The Morgan fingerprint density at radius 2 is 2.00 bits per heavy atom. The zero-order valence-electron chi connectivity index (χ0n) is 16.2. The summed E-state index contributed by atoms with van der Waals surface area (Å²) in [6, 6.07) is 8.90. The third-order valence-corrected chi connectivity index (χ3v) is 4.16. The molecule has 4 aromatic rings. The largest absolute Gasteiger partial charge is 0.481 e. The van der Waals surface area contributed by atoms with E-state index in [4.69, 9.17) is 14.3 Å². The first kappa shape index (κ1) is 20.6. The number of ether oxygens (including phenoxy) is 1. The van der Waals surface area contributed by atoms with Crippen molar-refractivity contribution in [3.05, 3.63) is 60.3 Å². The van der Waals surface area contributed by atoms with Crippen LogP contribution < -0.4 is 10.1 Å². The molecule has 9 nitrogen and oxygen atoms in total. The highest BCUT2D eigenvalue weighted by Gasteiger charge is 2.15. The van der Waals surface area contributed by atoms with E-state index in [2.05, 4.69) is 25.4 Å². The lowest BCUT2D eigenvalue weighted by Gasteiger charge is -2.11. The van der Waals surface area contributed by atoms with Gasteiger partial charge in [0, 0.05) is 18.5 Å². The van der Waals surface area contributed by atoms with E-state index < -0.39 is 5.82 Å². The molecule has 0 aliphatic carbocycles. The summed E-state index contributed by atoms with van der Waals surface area (Å²) in [5, 5.41) is 7.62. The Labute approximate surface area is 170 Å². The van der Waals surface area contributed by atoms with Gasteiger partial charge in [0.15, 0.2) is 11.6 Å². The van der Waals surface area contributed by atoms with Crippen molar-refractivity contribution in [2.75, 3.05) is 12.4 Å². The maximum Gasteiger partial charge on any atom is 0.373 e. The molecule has 0 atom stereocenters. The second-order valence-electron chi connectivity index (χ2n) is 5.90. The van der Waals surface area contributed by atoms with Gasteiger partial charge in [0.05, 0.1) is 19.0 Å². The minimum Gasteiger partial charge on any atom is -0.481 e. The maximum atomic E-state index is 14.1. The Bertz CT molecular complexity index is 1200. The van der Waals surface area contributed by atoms with E-state index in [-0.39, 0.29) is 6.15 Å². The summed E-state index contributed by atoms with van der Waals surface area (Å²) in [5.41, 5.74) is 2.69. The van der Waals surface area contributed by atoms with Crippen LogP contribution in [0, 0.1) is 5.82 Å². The Morgan fingerprint density at radius 3 is 2.70 bits per heavy atom. The highest BCUT2D eigenvalue weighted by Crippen LogP contribution is 2.27. The number of methoxy groups -OCH3 is 1. The summed E-state index contributed by atoms with van der Waals surface area (Å²) >= 11 is 0. The zero-order chi connectivity index (χ0) is 21.5. The average molecular weight is 408 g/mol. The Hall–Kier alpha value is -4.17. The van der Waals surface area contributed by atoms with Crippen LogP contribution in [0.25, 0.3) is 17.0 Å². The highest BCUT2D eigenvalue weighted by molar-refractivity contribution is 5.78. The topological polar surface area (TPSA) is 111 Å². The Kier molecular flexibility index (Phi) is 6.41. The second-order valence-corrected chi connectivity index (χ2v) is 5.90. The molecule has 152 valence electrons. The molecule has 0 fully saturated rings. The van der Waals surface area contributed by atoms with E-state index in [0.717, 1.165) is 23.7 Å². The molecule has 0 aliphatic rings. The standard InChI is InChI=1S/C19H17FN6O.CO2/c1-3-12-8-10-26-17(12)19(23-14-7-9-21-11-13(14)20)24-18(25-26)15-5-4-6-16(22-15)27-2;2-1-3/h4-11H,3H2,1-2H3,(H,21,23,24,25);. The van der Waals surface area contributed by atoms with Gasteiger partial charge in [0.25, 0.3) is 0 Å². The molecule has 0 radical (unpaired) electrons. The third-order valence-electron chi connectivity index (χ3n) is 4.16. The van der Waals surface area contributed by atoms with Crippen LogP contribution in [0.5, 0.6) is 5.88 Å². The molecule has 0 aromatic carbocycles. The van der Waals surface area contributed by atoms with Crippen molar-refractivity contribution in [1.82, 2.24) is 24.6 Å². The maximum absolute atomic E-state index is 14.1. The second kappa shape index (κ2) is 9.35. The smallest absolute Gasteiger partial charge is 0.373 e. The molecule has 0 saturated heterocycles. The van der Waals surface area contributed by atoms with Crippen molar-refractivity contribution >= 4 is 23.2 Å². The molecule has 0 bridgehead atoms. The van der Waals surface area contributed by atoms with Crippen LogP contribution in [-0.2, 0) is 16.0 Å². The van der Waals surface area contributed by atoms with E-state index in [0.29, 0.717) is 28.9 Å². The van der Waals surface area contributed by atoms with Crippen molar-refractivity contribution in [2.45, 2.75) is 13.3 Å². The van der Waals surface area contributed by atoms with E-state index >= 15 is 0 Å². The average Bonchev–Trinajstić information content (AvgIpc) is 3.19.